The minimum absolute atomic E-state index is 0.0329. The molecule has 1 aliphatic heterocycles. The molecule has 1 aliphatic rings. The van der Waals surface area contributed by atoms with Crippen molar-refractivity contribution in [3.05, 3.63) is 59.4 Å². The van der Waals surface area contributed by atoms with Crippen LogP contribution in [0.5, 0.6) is 0 Å². The van der Waals surface area contributed by atoms with Gasteiger partial charge in [0.25, 0.3) is 5.91 Å². The van der Waals surface area contributed by atoms with E-state index in [1.165, 1.54) is 16.1 Å². The van der Waals surface area contributed by atoms with Crippen molar-refractivity contribution in [2.45, 2.75) is 20.8 Å². The number of carbonyl (C=O) groups excluding carboxylic acids is 3. The molecule has 0 spiro atoms. The first-order chi connectivity index (χ1) is 17.5. The zero-order valence-electron chi connectivity index (χ0n) is 21.3. The molecule has 12 heteroatoms. The summed E-state index contributed by atoms with van der Waals surface area (Å²) in [7, 11) is -1.68. The van der Waals surface area contributed by atoms with Gasteiger partial charge in [0.05, 0.1) is 17.0 Å². The molecule has 37 heavy (non-hydrogen) atoms. The van der Waals surface area contributed by atoms with Crippen molar-refractivity contribution in [2.75, 3.05) is 49.2 Å². The number of hydrogen-bond donors (Lipinski definition) is 1. The SMILES string of the molecule is CCS(=O)(=O)N1CCN(C(=O)c2ccc3nc(C)c(N(C)C(=O)Nc4ccc(C(C)=O)cc4)n3c2)CC1. The van der Waals surface area contributed by atoms with E-state index in [-0.39, 0.29) is 30.5 Å². The van der Waals surface area contributed by atoms with Gasteiger partial charge in [-0.2, -0.15) is 4.31 Å². The summed E-state index contributed by atoms with van der Waals surface area (Å²) in [5.74, 6) is 0.256. The summed E-state index contributed by atoms with van der Waals surface area (Å²) in [6.45, 7) is 5.99. The standard InChI is InChI=1S/C25H30N6O5S/c1-5-37(35,36)30-14-12-29(13-15-30)24(33)20-8-11-22-26-17(2)23(31(22)16-20)28(4)25(34)27-21-9-6-19(7-10-21)18(3)32/h6-11,16H,5,12-15H2,1-4H3,(H,27,34). The van der Waals surface area contributed by atoms with Crippen molar-refractivity contribution in [2.24, 2.45) is 0 Å². The van der Waals surface area contributed by atoms with Gasteiger partial charge in [0.2, 0.25) is 10.0 Å². The molecule has 0 atom stereocenters. The number of nitrogens with zero attached hydrogens (tertiary/aromatic N) is 5. The van der Waals surface area contributed by atoms with E-state index >= 15 is 0 Å². The first-order valence-corrected chi connectivity index (χ1v) is 13.5. The van der Waals surface area contributed by atoms with Gasteiger partial charge < -0.3 is 10.2 Å². The minimum Gasteiger partial charge on any atom is -0.336 e. The van der Waals surface area contributed by atoms with Gasteiger partial charge in [-0.3, -0.25) is 18.9 Å². The number of pyridine rings is 1. The van der Waals surface area contributed by atoms with Crippen molar-refractivity contribution in [1.82, 2.24) is 18.6 Å². The van der Waals surface area contributed by atoms with Crippen LogP contribution < -0.4 is 10.2 Å². The van der Waals surface area contributed by atoms with Crippen LogP contribution in [0.2, 0.25) is 0 Å². The number of amides is 3. The van der Waals surface area contributed by atoms with Crippen LogP contribution in [0.1, 0.15) is 40.3 Å². The van der Waals surface area contributed by atoms with E-state index < -0.39 is 16.1 Å². The Balaban J connectivity index is 1.53. The topological polar surface area (TPSA) is 124 Å². The fraction of sp³-hybridized carbons (Fsp3) is 0.360. The molecule has 196 valence electrons. The average Bonchev–Trinajstić information content (AvgIpc) is 3.22. The molecule has 1 fully saturated rings. The monoisotopic (exact) mass is 526 g/mol. The van der Waals surface area contributed by atoms with Crippen LogP contribution in [-0.4, -0.2) is 83.7 Å². The molecule has 0 unspecified atom stereocenters. The molecule has 1 aromatic carbocycles. The zero-order chi connectivity index (χ0) is 26.9. The molecule has 2 aromatic heterocycles. The lowest BCUT2D eigenvalue weighted by molar-refractivity contribution is 0.0697. The number of sulfonamides is 1. The molecule has 0 radical (unpaired) electrons. The highest BCUT2D eigenvalue weighted by molar-refractivity contribution is 7.89. The zero-order valence-corrected chi connectivity index (χ0v) is 22.1. The number of fused-ring (bicyclic) bond motifs is 1. The number of urea groups is 1. The first kappa shape index (κ1) is 26.3. The van der Waals surface area contributed by atoms with Gasteiger partial charge in [-0.15, -0.1) is 0 Å². The van der Waals surface area contributed by atoms with E-state index in [1.54, 1.807) is 72.8 Å². The second kappa shape index (κ2) is 10.3. The van der Waals surface area contributed by atoms with Crippen LogP contribution in [0.3, 0.4) is 0 Å². The largest absolute Gasteiger partial charge is 0.336 e. The summed E-state index contributed by atoms with van der Waals surface area (Å²) in [5, 5.41) is 2.80. The number of Topliss-reactive ketones (excluding diaryl/α,β-unsaturated/α-hetero) is 1. The third kappa shape index (κ3) is 5.35. The Bertz CT molecular complexity index is 1460. The van der Waals surface area contributed by atoms with E-state index in [0.717, 1.165) is 0 Å². The fourth-order valence-electron chi connectivity index (χ4n) is 4.31. The number of imidazole rings is 1. The summed E-state index contributed by atoms with van der Waals surface area (Å²) in [4.78, 5) is 45.3. The number of benzene rings is 1. The van der Waals surface area contributed by atoms with Gasteiger partial charge in [-0.05, 0) is 57.2 Å². The second-order valence-electron chi connectivity index (χ2n) is 8.88. The number of aromatic nitrogens is 2. The van der Waals surface area contributed by atoms with Gasteiger partial charge in [-0.25, -0.2) is 18.2 Å². The number of anilines is 2. The quantitative estimate of drug-likeness (QED) is 0.493. The Morgan fingerprint density at radius 3 is 2.22 bits per heavy atom. The number of hydrogen-bond acceptors (Lipinski definition) is 6. The lowest BCUT2D eigenvalue weighted by Crippen LogP contribution is -2.50. The molecule has 1 N–H and O–H groups in total. The Hall–Kier alpha value is -3.77. The van der Waals surface area contributed by atoms with Crippen molar-refractivity contribution < 1.29 is 22.8 Å². The molecular formula is C25H30N6O5S. The lowest BCUT2D eigenvalue weighted by Gasteiger charge is -2.33. The molecule has 3 aromatic rings. The highest BCUT2D eigenvalue weighted by Crippen LogP contribution is 2.24. The molecule has 0 saturated carbocycles. The maximum Gasteiger partial charge on any atom is 0.327 e. The van der Waals surface area contributed by atoms with Crippen molar-refractivity contribution in [3.63, 3.8) is 0 Å². The highest BCUT2D eigenvalue weighted by atomic mass is 32.2. The first-order valence-electron chi connectivity index (χ1n) is 11.9. The predicted molar refractivity (Wildman–Crippen MR) is 141 cm³/mol. The van der Waals surface area contributed by atoms with Crippen LogP contribution in [0.25, 0.3) is 5.65 Å². The summed E-state index contributed by atoms with van der Waals surface area (Å²) in [5.41, 5.74) is 2.68. The van der Waals surface area contributed by atoms with E-state index in [2.05, 4.69) is 10.3 Å². The van der Waals surface area contributed by atoms with Crippen LogP contribution in [0, 0.1) is 6.92 Å². The second-order valence-corrected chi connectivity index (χ2v) is 11.1. The Labute approximate surface area is 215 Å². The van der Waals surface area contributed by atoms with Gasteiger partial charge >= 0.3 is 6.03 Å². The number of nitrogens with one attached hydrogen (secondary N) is 1. The summed E-state index contributed by atoms with van der Waals surface area (Å²) in [6, 6.07) is 9.59. The molecule has 11 nitrogen and oxygen atoms in total. The number of ketones is 1. The predicted octanol–water partition coefficient (Wildman–Crippen LogP) is 2.62. The number of rotatable bonds is 6. The number of aryl methyl sites for hydroxylation is 1. The third-order valence-electron chi connectivity index (χ3n) is 6.46. The Kier molecular flexibility index (Phi) is 7.32. The molecule has 0 aliphatic carbocycles. The van der Waals surface area contributed by atoms with E-state index in [0.29, 0.717) is 47.1 Å². The molecular weight excluding hydrogens is 496 g/mol. The maximum atomic E-state index is 13.2. The highest BCUT2D eigenvalue weighted by Gasteiger charge is 2.28. The average molecular weight is 527 g/mol. The summed E-state index contributed by atoms with van der Waals surface area (Å²) < 4.78 is 27.4. The Morgan fingerprint density at radius 1 is 1.00 bits per heavy atom. The minimum atomic E-state index is -3.29. The maximum absolute atomic E-state index is 13.2. The smallest absolute Gasteiger partial charge is 0.327 e. The summed E-state index contributed by atoms with van der Waals surface area (Å²) >= 11 is 0. The van der Waals surface area contributed by atoms with Crippen molar-refractivity contribution >= 4 is 44.9 Å². The van der Waals surface area contributed by atoms with Crippen LogP contribution in [0.4, 0.5) is 16.3 Å². The van der Waals surface area contributed by atoms with Gasteiger partial charge in [0, 0.05) is 50.7 Å². The third-order valence-corrected chi connectivity index (χ3v) is 8.34. The van der Waals surface area contributed by atoms with E-state index in [1.807, 2.05) is 0 Å². The molecule has 3 heterocycles. The normalized spacial score (nSPS) is 14.5. The Morgan fingerprint density at radius 2 is 1.62 bits per heavy atom. The van der Waals surface area contributed by atoms with Gasteiger partial charge in [0.1, 0.15) is 11.5 Å². The molecule has 0 bridgehead atoms. The number of carbonyl (C=O) groups is 3. The van der Waals surface area contributed by atoms with E-state index in [9.17, 15) is 22.8 Å². The van der Waals surface area contributed by atoms with Crippen molar-refractivity contribution in [3.8, 4) is 0 Å². The molecule has 3 amide bonds. The van der Waals surface area contributed by atoms with E-state index in [4.69, 9.17) is 0 Å². The van der Waals surface area contributed by atoms with Crippen LogP contribution in [-0.2, 0) is 10.0 Å². The van der Waals surface area contributed by atoms with Gasteiger partial charge in [0.15, 0.2) is 5.78 Å². The van der Waals surface area contributed by atoms with Crippen LogP contribution >= 0.6 is 0 Å². The van der Waals surface area contributed by atoms with Crippen LogP contribution in [0.15, 0.2) is 42.6 Å². The number of piperazine rings is 1. The summed E-state index contributed by atoms with van der Waals surface area (Å²) in [6.07, 6.45) is 1.65. The lowest BCUT2D eigenvalue weighted by atomic mass is 10.1. The fourth-order valence-corrected chi connectivity index (χ4v) is 5.39. The molecule has 4 rings (SSSR count). The molecule has 1 saturated heterocycles. The van der Waals surface area contributed by atoms with Gasteiger partial charge in [-0.1, -0.05) is 0 Å². The van der Waals surface area contributed by atoms with Crippen molar-refractivity contribution in [1.29, 1.82) is 0 Å².